The highest BCUT2D eigenvalue weighted by Gasteiger charge is 2.33. The van der Waals surface area contributed by atoms with Gasteiger partial charge in [-0.05, 0) is 70.5 Å². The minimum atomic E-state index is -1.15. The van der Waals surface area contributed by atoms with Crippen molar-refractivity contribution in [3.8, 4) is 5.88 Å². The molecule has 2 aliphatic carbocycles. The third kappa shape index (κ3) is 4.30. The number of hydrogen-bond acceptors (Lipinski definition) is 8. The maximum Gasteiger partial charge on any atom is 0.250 e. The van der Waals surface area contributed by atoms with Crippen LogP contribution in [0.2, 0.25) is 0 Å². The lowest BCUT2D eigenvalue weighted by atomic mass is 9.92. The Hall–Kier alpha value is -1.81. The smallest absolute Gasteiger partial charge is 0.250 e. The third-order valence-corrected chi connectivity index (χ3v) is 7.58. The summed E-state index contributed by atoms with van der Waals surface area (Å²) in [7, 11) is 4.26. The molecule has 0 bridgehead atoms. The number of rotatable bonds is 7. The van der Waals surface area contributed by atoms with E-state index in [2.05, 4.69) is 34.3 Å². The Morgan fingerprint density at radius 2 is 2.07 bits per heavy atom. The number of aliphatic hydroxyl groups is 2. The lowest BCUT2D eigenvalue weighted by molar-refractivity contribution is -0.131. The molecule has 164 valence electrons. The predicted octanol–water partition coefficient (Wildman–Crippen LogP) is 1.79. The lowest BCUT2D eigenvalue weighted by Crippen LogP contribution is -2.36. The summed E-state index contributed by atoms with van der Waals surface area (Å²) >= 11 is 1.66. The third-order valence-electron chi connectivity index (χ3n) is 6.41. The molecule has 2 aromatic heterocycles. The van der Waals surface area contributed by atoms with Gasteiger partial charge >= 0.3 is 0 Å². The van der Waals surface area contributed by atoms with Gasteiger partial charge in [-0.2, -0.15) is 0 Å². The van der Waals surface area contributed by atoms with Crippen molar-refractivity contribution >= 4 is 27.5 Å². The molecule has 8 nitrogen and oxygen atoms in total. The largest absolute Gasteiger partial charge is 0.474 e. The van der Waals surface area contributed by atoms with Crippen LogP contribution in [-0.4, -0.2) is 70.1 Å². The van der Waals surface area contributed by atoms with E-state index in [1.54, 1.807) is 17.7 Å². The second kappa shape index (κ2) is 9.13. The zero-order valence-corrected chi connectivity index (χ0v) is 18.3. The predicted molar refractivity (Wildman–Crippen MR) is 115 cm³/mol. The molecule has 0 aromatic carbocycles. The number of hydrogen-bond donors (Lipinski definition) is 3. The molecule has 1 saturated carbocycles. The van der Waals surface area contributed by atoms with Crippen LogP contribution < -0.4 is 10.1 Å². The maximum atomic E-state index is 11.9. The van der Waals surface area contributed by atoms with E-state index in [4.69, 9.17) is 9.84 Å². The molecule has 0 aliphatic heterocycles. The van der Waals surface area contributed by atoms with E-state index in [-0.39, 0.29) is 12.0 Å². The summed E-state index contributed by atoms with van der Waals surface area (Å²) in [5.41, 5.74) is 1.13. The molecule has 0 saturated heterocycles. The van der Waals surface area contributed by atoms with E-state index < -0.39 is 18.7 Å². The van der Waals surface area contributed by atoms with Crippen molar-refractivity contribution in [3.63, 3.8) is 0 Å². The summed E-state index contributed by atoms with van der Waals surface area (Å²) in [4.78, 5) is 25.2. The van der Waals surface area contributed by atoms with Gasteiger partial charge in [0.15, 0.2) is 0 Å². The first-order chi connectivity index (χ1) is 14.5. The van der Waals surface area contributed by atoms with Gasteiger partial charge in [0, 0.05) is 10.9 Å². The topological polar surface area (TPSA) is 108 Å². The Bertz CT molecular complexity index is 895. The Labute approximate surface area is 180 Å². The molecule has 2 aromatic rings. The van der Waals surface area contributed by atoms with Gasteiger partial charge in [-0.25, -0.2) is 9.97 Å². The van der Waals surface area contributed by atoms with Crippen LogP contribution in [0, 0.1) is 0 Å². The van der Waals surface area contributed by atoms with Crippen molar-refractivity contribution in [2.75, 3.05) is 20.8 Å². The minimum Gasteiger partial charge on any atom is -0.474 e. The van der Waals surface area contributed by atoms with Crippen LogP contribution in [-0.2, 0) is 11.2 Å². The second-order valence-corrected chi connectivity index (χ2v) is 9.58. The highest BCUT2D eigenvalue weighted by atomic mass is 32.1. The fourth-order valence-corrected chi connectivity index (χ4v) is 6.01. The van der Waals surface area contributed by atoms with Crippen LogP contribution in [0.4, 0.5) is 0 Å². The van der Waals surface area contributed by atoms with Crippen LogP contribution >= 0.6 is 11.3 Å². The number of amides is 1. The standard InChI is InChI=1S/C21H30N4O4S/c1-25(2)13-4-6-14(7-5-13)29-20-18-17-12(9-15(27)19(28)24-11-26)3-8-16(17)30-21(18)23-10-22-20/h10,12-15,26-27H,3-9,11H2,1-2H3,(H,24,28)/t12-,13?,14?,15+/m1/s1. The number of nitrogens with one attached hydrogen (secondary N) is 1. The summed E-state index contributed by atoms with van der Waals surface area (Å²) < 4.78 is 6.38. The summed E-state index contributed by atoms with van der Waals surface area (Å²) in [5, 5.41) is 22.3. The summed E-state index contributed by atoms with van der Waals surface area (Å²) in [6.07, 6.45) is 6.89. The molecule has 1 amide bonds. The molecule has 9 heteroatoms. The van der Waals surface area contributed by atoms with E-state index in [1.807, 2.05) is 0 Å². The van der Waals surface area contributed by atoms with Gasteiger partial charge < -0.3 is 25.2 Å². The van der Waals surface area contributed by atoms with Gasteiger partial charge in [0.1, 0.15) is 30.1 Å². The number of carbonyl (C=O) groups excluding carboxylic acids is 1. The van der Waals surface area contributed by atoms with Crippen LogP contribution in [0.5, 0.6) is 5.88 Å². The quantitative estimate of drug-likeness (QED) is 0.570. The molecule has 2 atom stereocenters. The van der Waals surface area contributed by atoms with Crippen molar-refractivity contribution in [2.45, 2.75) is 69.1 Å². The number of nitrogens with zero attached hydrogens (tertiary/aromatic N) is 3. The van der Waals surface area contributed by atoms with Crippen molar-refractivity contribution in [1.29, 1.82) is 0 Å². The number of thiophene rings is 1. The van der Waals surface area contributed by atoms with Crippen LogP contribution in [0.15, 0.2) is 6.33 Å². The number of fused-ring (bicyclic) bond motifs is 3. The zero-order chi connectivity index (χ0) is 21.3. The average molecular weight is 435 g/mol. The minimum absolute atomic E-state index is 0.0472. The zero-order valence-electron chi connectivity index (χ0n) is 17.5. The fourth-order valence-electron chi connectivity index (χ4n) is 4.78. The van der Waals surface area contributed by atoms with Crippen molar-refractivity contribution in [2.24, 2.45) is 0 Å². The van der Waals surface area contributed by atoms with E-state index >= 15 is 0 Å². The normalized spacial score (nSPS) is 24.8. The van der Waals surface area contributed by atoms with Crippen LogP contribution in [0.3, 0.4) is 0 Å². The number of carbonyl (C=O) groups is 1. The number of ether oxygens (including phenoxy) is 1. The lowest BCUT2D eigenvalue weighted by Gasteiger charge is -2.32. The molecular formula is C21H30N4O4S. The van der Waals surface area contributed by atoms with Gasteiger partial charge in [-0.3, -0.25) is 4.79 Å². The monoisotopic (exact) mass is 434 g/mol. The number of aliphatic hydroxyl groups excluding tert-OH is 2. The molecule has 3 N–H and O–H groups in total. The molecule has 0 spiro atoms. The van der Waals surface area contributed by atoms with Crippen molar-refractivity contribution in [1.82, 2.24) is 20.2 Å². The Balaban J connectivity index is 1.54. The maximum absolute atomic E-state index is 11.9. The van der Waals surface area contributed by atoms with Gasteiger partial charge in [-0.1, -0.05) is 0 Å². The molecule has 1 fully saturated rings. The number of aryl methyl sites for hydroxylation is 1. The van der Waals surface area contributed by atoms with Gasteiger partial charge in [0.25, 0.3) is 5.91 Å². The first-order valence-corrected chi connectivity index (χ1v) is 11.5. The number of aromatic nitrogens is 2. The SMILES string of the molecule is CN(C)C1CCC(Oc2ncnc3sc4c(c23)[C@@H](C[C@H](O)C(=O)NCO)CC4)CC1. The second-order valence-electron chi connectivity index (χ2n) is 8.50. The van der Waals surface area contributed by atoms with Gasteiger partial charge in [-0.15, -0.1) is 11.3 Å². The molecule has 0 radical (unpaired) electrons. The Morgan fingerprint density at radius 1 is 1.30 bits per heavy atom. The summed E-state index contributed by atoms with van der Waals surface area (Å²) in [6.45, 7) is -0.477. The van der Waals surface area contributed by atoms with Crippen LogP contribution in [0.25, 0.3) is 10.2 Å². The molecule has 2 heterocycles. The van der Waals surface area contributed by atoms with E-state index in [0.717, 1.165) is 54.3 Å². The molecule has 4 rings (SSSR count). The van der Waals surface area contributed by atoms with Gasteiger partial charge in [0.05, 0.1) is 5.39 Å². The van der Waals surface area contributed by atoms with Crippen molar-refractivity contribution in [3.05, 3.63) is 16.8 Å². The summed E-state index contributed by atoms with van der Waals surface area (Å²) in [6, 6.07) is 0.608. The average Bonchev–Trinajstić information content (AvgIpc) is 3.28. The van der Waals surface area contributed by atoms with Crippen molar-refractivity contribution < 1.29 is 19.7 Å². The Morgan fingerprint density at radius 3 is 2.77 bits per heavy atom. The molecule has 0 unspecified atom stereocenters. The molecule has 30 heavy (non-hydrogen) atoms. The highest BCUT2D eigenvalue weighted by molar-refractivity contribution is 7.19. The van der Waals surface area contributed by atoms with Crippen LogP contribution in [0.1, 0.15) is 54.9 Å². The Kier molecular flexibility index (Phi) is 6.52. The first-order valence-electron chi connectivity index (χ1n) is 10.6. The van der Waals surface area contributed by atoms with E-state index in [1.165, 1.54) is 4.88 Å². The van der Waals surface area contributed by atoms with E-state index in [0.29, 0.717) is 18.3 Å². The summed E-state index contributed by atoms with van der Waals surface area (Å²) in [5.74, 6) is 0.133. The molecular weight excluding hydrogens is 404 g/mol. The fraction of sp³-hybridized carbons (Fsp3) is 0.667. The molecule has 2 aliphatic rings. The van der Waals surface area contributed by atoms with E-state index in [9.17, 15) is 9.90 Å². The highest BCUT2D eigenvalue weighted by Crippen LogP contribution is 2.47. The first kappa shape index (κ1) is 21.4. The van der Waals surface area contributed by atoms with Gasteiger partial charge in [0.2, 0.25) is 5.88 Å².